The zero-order valence-electron chi connectivity index (χ0n) is 17.6. The molecule has 33 heavy (non-hydrogen) atoms. The van der Waals surface area contributed by atoms with E-state index in [2.05, 4.69) is 10.3 Å². The molecule has 0 unspecified atom stereocenters. The minimum atomic E-state index is -1.23. The first-order valence-corrected chi connectivity index (χ1v) is 10.5. The van der Waals surface area contributed by atoms with Gasteiger partial charge in [0.2, 0.25) is 5.89 Å². The first kappa shape index (κ1) is 20.6. The summed E-state index contributed by atoms with van der Waals surface area (Å²) < 4.78 is 19.0. The van der Waals surface area contributed by atoms with Crippen molar-refractivity contribution in [2.75, 3.05) is 0 Å². The summed E-state index contributed by atoms with van der Waals surface area (Å²) in [5.74, 6) is -0.0883. The summed E-state index contributed by atoms with van der Waals surface area (Å²) in [5, 5.41) is 2.92. The number of oxazole rings is 1. The number of carbonyl (C=O) groups is 2. The van der Waals surface area contributed by atoms with E-state index < -0.39 is 11.6 Å². The lowest BCUT2D eigenvalue weighted by atomic mass is 9.83. The normalized spacial score (nSPS) is 17.9. The molecule has 5 rings (SSSR count). The van der Waals surface area contributed by atoms with Gasteiger partial charge in [-0.05, 0) is 35.4 Å². The summed E-state index contributed by atoms with van der Waals surface area (Å²) in [5.41, 5.74) is 1.04. The van der Waals surface area contributed by atoms with Crippen LogP contribution in [0.2, 0.25) is 0 Å². The van der Waals surface area contributed by atoms with Crippen LogP contribution in [-0.4, -0.2) is 21.8 Å². The molecule has 1 fully saturated rings. The molecular weight excluding hydrogens is 421 g/mol. The van der Waals surface area contributed by atoms with Gasteiger partial charge in [-0.25, -0.2) is 14.2 Å². The molecule has 2 heterocycles. The number of nitrogens with one attached hydrogen (secondary N) is 1. The van der Waals surface area contributed by atoms with Crippen molar-refractivity contribution < 1.29 is 18.4 Å². The summed E-state index contributed by atoms with van der Waals surface area (Å²) in [6.45, 7) is -0.116. The fourth-order valence-corrected chi connectivity index (χ4v) is 4.08. The maximum Gasteiger partial charge on any atom is 0.325 e. The van der Waals surface area contributed by atoms with Crippen molar-refractivity contribution in [3.63, 3.8) is 0 Å². The highest BCUT2D eigenvalue weighted by atomic mass is 19.1. The molecule has 1 aliphatic heterocycles. The predicted octanol–water partition coefficient (Wildman–Crippen LogP) is 4.67. The van der Waals surface area contributed by atoms with Crippen molar-refractivity contribution in [1.29, 1.82) is 0 Å². The number of carbonyl (C=O) groups excluding carboxylic acids is 2. The number of hydrogen-bond acceptors (Lipinski definition) is 4. The first-order chi connectivity index (χ1) is 16.0. The summed E-state index contributed by atoms with van der Waals surface area (Å²) in [4.78, 5) is 32.0. The van der Waals surface area contributed by atoms with E-state index in [0.717, 1.165) is 10.5 Å². The van der Waals surface area contributed by atoms with E-state index >= 15 is 0 Å². The van der Waals surface area contributed by atoms with Crippen LogP contribution in [0.5, 0.6) is 0 Å². The third kappa shape index (κ3) is 3.89. The standard InChI is InChI=1S/C26H20FN3O3/c27-21-13-11-19(12-14-21)22-16-28-23(33-22)17-30-24(31)26(29-25(30)32,20-9-5-2-6-10-20)15-18-7-3-1-4-8-18/h1-14,16H,15,17H2,(H,29,32)/t26-/m0/s1. The highest BCUT2D eigenvalue weighted by molar-refractivity contribution is 6.07. The van der Waals surface area contributed by atoms with Crippen LogP contribution in [0, 0.1) is 5.82 Å². The summed E-state index contributed by atoms with van der Waals surface area (Å²) >= 11 is 0. The molecule has 3 amide bonds. The zero-order valence-corrected chi connectivity index (χ0v) is 17.6. The number of amides is 3. The molecule has 0 saturated carbocycles. The van der Waals surface area contributed by atoms with Gasteiger partial charge in [0.15, 0.2) is 11.3 Å². The topological polar surface area (TPSA) is 75.4 Å². The van der Waals surface area contributed by atoms with Crippen molar-refractivity contribution in [3.8, 4) is 11.3 Å². The van der Waals surface area contributed by atoms with Crippen LogP contribution in [0.25, 0.3) is 11.3 Å². The molecule has 1 atom stereocenters. The van der Waals surface area contributed by atoms with Crippen LogP contribution in [0.4, 0.5) is 9.18 Å². The Kier molecular flexibility index (Phi) is 5.22. The average molecular weight is 441 g/mol. The molecule has 1 aliphatic rings. The second-order valence-corrected chi connectivity index (χ2v) is 7.88. The highest BCUT2D eigenvalue weighted by Gasteiger charge is 2.52. The molecule has 0 spiro atoms. The van der Waals surface area contributed by atoms with E-state index in [4.69, 9.17) is 4.42 Å². The predicted molar refractivity (Wildman–Crippen MR) is 119 cm³/mol. The lowest BCUT2D eigenvalue weighted by molar-refractivity contribution is -0.132. The number of hydrogen-bond donors (Lipinski definition) is 1. The monoisotopic (exact) mass is 441 g/mol. The van der Waals surface area contributed by atoms with Crippen LogP contribution >= 0.6 is 0 Å². The van der Waals surface area contributed by atoms with Crippen LogP contribution < -0.4 is 5.32 Å². The molecule has 6 nitrogen and oxygen atoms in total. The van der Waals surface area contributed by atoms with Crippen LogP contribution in [-0.2, 0) is 23.3 Å². The van der Waals surface area contributed by atoms with Gasteiger partial charge in [0.25, 0.3) is 5.91 Å². The van der Waals surface area contributed by atoms with Gasteiger partial charge in [0.05, 0.1) is 6.20 Å². The molecule has 0 bridgehead atoms. The number of aromatic nitrogens is 1. The minimum Gasteiger partial charge on any atom is -0.439 e. The first-order valence-electron chi connectivity index (χ1n) is 10.5. The van der Waals surface area contributed by atoms with E-state index in [1.165, 1.54) is 18.3 Å². The molecule has 7 heteroatoms. The molecule has 1 aromatic heterocycles. The Balaban J connectivity index is 1.44. The number of halogens is 1. The smallest absolute Gasteiger partial charge is 0.325 e. The second kappa shape index (κ2) is 8.35. The average Bonchev–Trinajstić information content (AvgIpc) is 3.40. The van der Waals surface area contributed by atoms with Gasteiger partial charge in [-0.15, -0.1) is 0 Å². The number of rotatable bonds is 6. The highest BCUT2D eigenvalue weighted by Crippen LogP contribution is 2.34. The van der Waals surface area contributed by atoms with Gasteiger partial charge in [0, 0.05) is 12.0 Å². The summed E-state index contributed by atoms with van der Waals surface area (Å²) in [6, 6.07) is 24.1. The Morgan fingerprint density at radius 2 is 1.58 bits per heavy atom. The summed E-state index contributed by atoms with van der Waals surface area (Å²) in [6.07, 6.45) is 1.81. The molecule has 1 saturated heterocycles. The molecule has 0 aliphatic carbocycles. The molecule has 4 aromatic rings. The largest absolute Gasteiger partial charge is 0.439 e. The quantitative estimate of drug-likeness (QED) is 0.441. The Morgan fingerprint density at radius 3 is 2.27 bits per heavy atom. The minimum absolute atomic E-state index is 0.116. The van der Waals surface area contributed by atoms with Crippen molar-refractivity contribution in [1.82, 2.24) is 15.2 Å². The van der Waals surface area contributed by atoms with Gasteiger partial charge in [-0.1, -0.05) is 60.7 Å². The van der Waals surface area contributed by atoms with Crippen LogP contribution in [0.1, 0.15) is 17.0 Å². The fraction of sp³-hybridized carbons (Fsp3) is 0.115. The van der Waals surface area contributed by atoms with Gasteiger partial charge < -0.3 is 9.73 Å². The van der Waals surface area contributed by atoms with E-state index in [9.17, 15) is 14.0 Å². The van der Waals surface area contributed by atoms with Crippen LogP contribution in [0.3, 0.4) is 0 Å². The van der Waals surface area contributed by atoms with E-state index in [1.54, 1.807) is 12.1 Å². The van der Waals surface area contributed by atoms with Gasteiger partial charge >= 0.3 is 6.03 Å². The number of benzene rings is 3. The third-order valence-corrected chi connectivity index (χ3v) is 5.73. The lowest BCUT2D eigenvalue weighted by Crippen LogP contribution is -2.46. The van der Waals surface area contributed by atoms with Crippen molar-refractivity contribution in [2.24, 2.45) is 0 Å². The summed E-state index contributed by atoms with van der Waals surface area (Å²) in [7, 11) is 0. The third-order valence-electron chi connectivity index (χ3n) is 5.73. The van der Waals surface area contributed by atoms with Crippen LogP contribution in [0.15, 0.2) is 95.5 Å². The van der Waals surface area contributed by atoms with E-state index in [0.29, 0.717) is 23.3 Å². The Hall–Kier alpha value is -4.26. The molecule has 1 N–H and O–H groups in total. The SMILES string of the molecule is O=C1N[C@@](Cc2ccccc2)(c2ccccc2)C(=O)N1Cc1ncc(-c2ccc(F)cc2)o1. The molecule has 164 valence electrons. The Morgan fingerprint density at radius 1 is 0.909 bits per heavy atom. The number of urea groups is 1. The lowest BCUT2D eigenvalue weighted by Gasteiger charge is -2.27. The molecule has 3 aromatic carbocycles. The van der Waals surface area contributed by atoms with Gasteiger partial charge in [0.1, 0.15) is 12.4 Å². The molecular formula is C26H20FN3O3. The maximum atomic E-state index is 13.7. The Bertz CT molecular complexity index is 1290. The Labute approximate surface area is 189 Å². The van der Waals surface area contributed by atoms with Crippen molar-refractivity contribution in [3.05, 3.63) is 114 Å². The number of nitrogens with zero attached hydrogens (tertiary/aromatic N) is 2. The van der Waals surface area contributed by atoms with E-state index in [-0.39, 0.29) is 24.2 Å². The van der Waals surface area contributed by atoms with Crippen molar-refractivity contribution >= 4 is 11.9 Å². The fourth-order valence-electron chi connectivity index (χ4n) is 4.08. The van der Waals surface area contributed by atoms with Gasteiger partial charge in [-0.3, -0.25) is 9.69 Å². The maximum absolute atomic E-state index is 13.7. The van der Waals surface area contributed by atoms with E-state index in [1.807, 2.05) is 60.7 Å². The second-order valence-electron chi connectivity index (χ2n) is 7.88. The van der Waals surface area contributed by atoms with Crippen molar-refractivity contribution in [2.45, 2.75) is 18.5 Å². The van der Waals surface area contributed by atoms with Gasteiger partial charge in [-0.2, -0.15) is 0 Å². The number of imide groups is 1. The zero-order chi connectivity index (χ0) is 22.8. The molecule has 0 radical (unpaired) electrons.